The van der Waals surface area contributed by atoms with Crippen LogP contribution in [0.25, 0.3) is 11.0 Å². The van der Waals surface area contributed by atoms with Gasteiger partial charge < -0.3 is 15.5 Å². The number of aromatic amines is 1. The second-order valence-corrected chi connectivity index (χ2v) is 3.39. The molecule has 0 radical (unpaired) electrons. The number of anilines is 1. The SMILES string of the molecule is CCOc1[nH]c(N)c2nc(C)c(C)nc12. The number of hydrogen-bond acceptors (Lipinski definition) is 4. The topological polar surface area (TPSA) is 76.8 Å². The highest BCUT2D eigenvalue weighted by Crippen LogP contribution is 2.27. The lowest BCUT2D eigenvalue weighted by Gasteiger charge is -2.01. The lowest BCUT2D eigenvalue weighted by atomic mass is 10.3. The number of nitrogens with zero attached hydrogens (tertiary/aromatic N) is 2. The number of ether oxygens (including phenoxy) is 1. The molecule has 2 aromatic heterocycles. The van der Waals surface area contributed by atoms with E-state index in [9.17, 15) is 0 Å². The number of H-pyrrole nitrogens is 1. The molecule has 2 heterocycles. The van der Waals surface area contributed by atoms with E-state index in [1.54, 1.807) is 0 Å². The van der Waals surface area contributed by atoms with Crippen LogP contribution in [0.1, 0.15) is 18.3 Å². The minimum absolute atomic E-state index is 0.504. The highest BCUT2D eigenvalue weighted by molar-refractivity contribution is 5.90. The highest BCUT2D eigenvalue weighted by Gasteiger charge is 2.13. The van der Waals surface area contributed by atoms with Crippen LogP contribution in [0.2, 0.25) is 0 Å². The molecule has 0 bridgehead atoms. The van der Waals surface area contributed by atoms with Gasteiger partial charge in [-0.2, -0.15) is 0 Å². The fraction of sp³-hybridized carbons (Fsp3) is 0.400. The maximum atomic E-state index is 5.79. The zero-order valence-electron chi connectivity index (χ0n) is 9.09. The second-order valence-electron chi connectivity index (χ2n) is 3.39. The summed E-state index contributed by atoms with van der Waals surface area (Å²) in [5.41, 5.74) is 8.95. The molecule has 0 aliphatic heterocycles. The quantitative estimate of drug-likeness (QED) is 0.781. The van der Waals surface area contributed by atoms with Crippen molar-refractivity contribution in [2.24, 2.45) is 0 Å². The van der Waals surface area contributed by atoms with E-state index >= 15 is 0 Å². The molecular weight excluding hydrogens is 192 g/mol. The Morgan fingerprint density at radius 1 is 1.20 bits per heavy atom. The zero-order chi connectivity index (χ0) is 11.0. The molecule has 80 valence electrons. The van der Waals surface area contributed by atoms with Gasteiger partial charge in [-0.1, -0.05) is 0 Å². The lowest BCUT2D eigenvalue weighted by Crippen LogP contribution is -1.95. The number of hydrogen-bond donors (Lipinski definition) is 2. The van der Waals surface area contributed by atoms with Crippen molar-refractivity contribution in [1.29, 1.82) is 0 Å². The first-order valence-electron chi connectivity index (χ1n) is 4.88. The normalized spacial score (nSPS) is 10.9. The van der Waals surface area contributed by atoms with Crippen molar-refractivity contribution in [3.05, 3.63) is 11.4 Å². The number of rotatable bonds is 2. The van der Waals surface area contributed by atoms with Crippen LogP contribution in [0.3, 0.4) is 0 Å². The van der Waals surface area contributed by atoms with Crippen LogP contribution in [0.5, 0.6) is 5.88 Å². The fourth-order valence-corrected chi connectivity index (χ4v) is 1.44. The summed E-state index contributed by atoms with van der Waals surface area (Å²) in [6.07, 6.45) is 0. The molecule has 0 fully saturated rings. The molecule has 5 nitrogen and oxygen atoms in total. The van der Waals surface area contributed by atoms with E-state index in [0.717, 1.165) is 11.4 Å². The van der Waals surface area contributed by atoms with Gasteiger partial charge in [0, 0.05) is 0 Å². The molecule has 5 heteroatoms. The maximum Gasteiger partial charge on any atom is 0.221 e. The molecule has 0 saturated heterocycles. The van der Waals surface area contributed by atoms with Gasteiger partial charge in [0.25, 0.3) is 0 Å². The van der Waals surface area contributed by atoms with Crippen molar-refractivity contribution in [2.75, 3.05) is 12.3 Å². The Hall–Kier alpha value is -1.78. The number of nitrogens with two attached hydrogens (primary N) is 1. The molecule has 0 amide bonds. The zero-order valence-corrected chi connectivity index (χ0v) is 9.09. The van der Waals surface area contributed by atoms with Gasteiger partial charge in [-0.15, -0.1) is 0 Å². The second kappa shape index (κ2) is 3.42. The van der Waals surface area contributed by atoms with Gasteiger partial charge >= 0.3 is 0 Å². The summed E-state index contributed by atoms with van der Waals surface area (Å²) < 4.78 is 5.40. The monoisotopic (exact) mass is 206 g/mol. The van der Waals surface area contributed by atoms with E-state index in [1.807, 2.05) is 20.8 Å². The average molecular weight is 206 g/mol. The van der Waals surface area contributed by atoms with Crippen molar-refractivity contribution in [3.8, 4) is 5.88 Å². The van der Waals surface area contributed by atoms with E-state index in [2.05, 4.69) is 15.0 Å². The molecule has 0 aromatic carbocycles. The molecule has 0 unspecified atom stereocenters. The van der Waals surface area contributed by atoms with Crippen LogP contribution >= 0.6 is 0 Å². The van der Waals surface area contributed by atoms with Crippen LogP contribution in [-0.4, -0.2) is 21.6 Å². The third-order valence-corrected chi connectivity index (χ3v) is 2.31. The Bertz CT molecular complexity index is 504. The number of nitrogens with one attached hydrogen (secondary N) is 1. The molecule has 2 aromatic rings. The fourth-order valence-electron chi connectivity index (χ4n) is 1.44. The minimum atomic E-state index is 0.504. The number of aryl methyl sites for hydroxylation is 2. The average Bonchev–Trinajstić information content (AvgIpc) is 2.46. The molecular formula is C10H14N4O. The minimum Gasteiger partial charge on any atom is -0.478 e. The first-order valence-corrected chi connectivity index (χ1v) is 4.88. The summed E-state index contributed by atoms with van der Waals surface area (Å²) in [5.74, 6) is 1.10. The van der Waals surface area contributed by atoms with Crippen molar-refractivity contribution in [1.82, 2.24) is 15.0 Å². The van der Waals surface area contributed by atoms with E-state index in [4.69, 9.17) is 10.5 Å². The number of fused-ring (bicyclic) bond motifs is 1. The van der Waals surface area contributed by atoms with Crippen LogP contribution < -0.4 is 10.5 Å². The van der Waals surface area contributed by atoms with Crippen molar-refractivity contribution >= 4 is 16.9 Å². The van der Waals surface area contributed by atoms with E-state index in [1.165, 1.54) is 0 Å². The molecule has 0 aliphatic carbocycles. The van der Waals surface area contributed by atoms with Crippen LogP contribution in [0, 0.1) is 13.8 Å². The highest BCUT2D eigenvalue weighted by atomic mass is 16.5. The summed E-state index contributed by atoms with van der Waals surface area (Å²) in [5, 5.41) is 0. The Balaban J connectivity index is 2.70. The van der Waals surface area contributed by atoms with Crippen molar-refractivity contribution in [2.45, 2.75) is 20.8 Å². The Morgan fingerprint density at radius 2 is 1.80 bits per heavy atom. The Labute approximate surface area is 87.7 Å². The molecule has 0 saturated carbocycles. The predicted molar refractivity (Wildman–Crippen MR) is 58.9 cm³/mol. The van der Waals surface area contributed by atoms with Gasteiger partial charge in [0.15, 0.2) is 5.52 Å². The smallest absolute Gasteiger partial charge is 0.221 e. The van der Waals surface area contributed by atoms with Crippen molar-refractivity contribution in [3.63, 3.8) is 0 Å². The van der Waals surface area contributed by atoms with Gasteiger partial charge in [-0.05, 0) is 20.8 Å². The molecule has 0 spiro atoms. The first kappa shape index (κ1) is 9.76. The summed E-state index contributed by atoms with van der Waals surface area (Å²) in [4.78, 5) is 11.7. The molecule has 2 rings (SSSR count). The van der Waals surface area contributed by atoms with Crippen LogP contribution in [-0.2, 0) is 0 Å². The first-order chi connectivity index (χ1) is 7.13. The van der Waals surface area contributed by atoms with Gasteiger partial charge in [0.05, 0.1) is 18.0 Å². The summed E-state index contributed by atoms with van der Waals surface area (Å²) in [7, 11) is 0. The Morgan fingerprint density at radius 3 is 2.40 bits per heavy atom. The van der Waals surface area contributed by atoms with E-state index < -0.39 is 0 Å². The Kier molecular flexibility index (Phi) is 2.22. The van der Waals surface area contributed by atoms with Gasteiger partial charge in [-0.3, -0.25) is 0 Å². The number of aromatic nitrogens is 3. The largest absolute Gasteiger partial charge is 0.478 e. The summed E-state index contributed by atoms with van der Waals surface area (Å²) in [6, 6.07) is 0. The molecule has 0 aliphatic rings. The third-order valence-electron chi connectivity index (χ3n) is 2.31. The van der Waals surface area contributed by atoms with E-state index in [0.29, 0.717) is 29.3 Å². The van der Waals surface area contributed by atoms with Gasteiger partial charge in [-0.25, -0.2) is 9.97 Å². The predicted octanol–water partition coefficient (Wildman–Crippen LogP) is 1.56. The number of nitrogen functional groups attached to an aromatic ring is 1. The maximum absolute atomic E-state index is 5.79. The van der Waals surface area contributed by atoms with E-state index in [-0.39, 0.29) is 0 Å². The molecule has 15 heavy (non-hydrogen) atoms. The van der Waals surface area contributed by atoms with Gasteiger partial charge in [0.1, 0.15) is 11.3 Å². The van der Waals surface area contributed by atoms with Crippen molar-refractivity contribution < 1.29 is 4.74 Å². The molecule has 3 N–H and O–H groups in total. The standard InChI is InChI=1S/C10H14N4O/c1-4-15-10-8-7(9(11)14-10)12-5(2)6(3)13-8/h14H,4,11H2,1-3H3. The summed E-state index contributed by atoms with van der Waals surface area (Å²) >= 11 is 0. The molecule has 0 atom stereocenters. The van der Waals surface area contributed by atoms with Crippen LogP contribution in [0.15, 0.2) is 0 Å². The lowest BCUT2D eigenvalue weighted by molar-refractivity contribution is 0.332. The summed E-state index contributed by atoms with van der Waals surface area (Å²) in [6.45, 7) is 6.32. The van der Waals surface area contributed by atoms with Crippen LogP contribution in [0.4, 0.5) is 5.82 Å². The van der Waals surface area contributed by atoms with Gasteiger partial charge in [0.2, 0.25) is 5.88 Å². The third kappa shape index (κ3) is 1.49.